The van der Waals surface area contributed by atoms with Gasteiger partial charge in [-0.15, -0.1) is 5.10 Å². The molecule has 1 fully saturated rings. The predicted octanol–water partition coefficient (Wildman–Crippen LogP) is 3.68. The van der Waals surface area contributed by atoms with Crippen molar-refractivity contribution < 1.29 is 13.2 Å². The first-order chi connectivity index (χ1) is 14.3. The number of nitrogens with zero attached hydrogens (tertiary/aromatic N) is 4. The van der Waals surface area contributed by atoms with Crippen molar-refractivity contribution in [3.8, 4) is 0 Å². The maximum Gasteiger partial charge on any atom is 0.416 e. The van der Waals surface area contributed by atoms with Crippen LogP contribution in [0.4, 0.5) is 24.7 Å². The fourth-order valence-electron chi connectivity index (χ4n) is 3.74. The third kappa shape index (κ3) is 4.02. The maximum absolute atomic E-state index is 13.2. The minimum Gasteiger partial charge on any atom is -0.368 e. The van der Waals surface area contributed by atoms with Crippen LogP contribution < -0.4 is 15.5 Å². The number of fused-ring (bicyclic) bond motifs is 1. The van der Waals surface area contributed by atoms with Gasteiger partial charge in [0.15, 0.2) is 5.82 Å². The highest BCUT2D eigenvalue weighted by atomic mass is 19.4. The number of halogens is 3. The summed E-state index contributed by atoms with van der Waals surface area (Å²) < 4.78 is 39.6. The van der Waals surface area contributed by atoms with Gasteiger partial charge in [0.2, 0.25) is 0 Å². The Bertz CT molecular complexity index is 1060. The molecule has 1 aliphatic rings. The molecule has 0 saturated carbocycles. The highest BCUT2D eigenvalue weighted by Gasteiger charge is 2.32. The van der Waals surface area contributed by atoms with E-state index in [0.717, 1.165) is 48.8 Å². The number of aryl methyl sites for hydroxylation is 1. The average Bonchev–Trinajstić information content (AvgIpc) is 2.74. The number of aromatic nitrogens is 3. The van der Waals surface area contributed by atoms with E-state index in [1.807, 2.05) is 19.2 Å². The van der Waals surface area contributed by atoms with Crippen LogP contribution in [0.3, 0.4) is 0 Å². The summed E-state index contributed by atoms with van der Waals surface area (Å²) in [6.45, 7) is 7.13. The first-order valence-electron chi connectivity index (χ1n) is 9.83. The van der Waals surface area contributed by atoms with Gasteiger partial charge in [-0.05, 0) is 37.1 Å². The van der Waals surface area contributed by atoms with Gasteiger partial charge in [-0.1, -0.05) is 12.1 Å². The fourth-order valence-corrected chi connectivity index (χ4v) is 3.74. The highest BCUT2D eigenvalue weighted by Crippen LogP contribution is 2.33. The Morgan fingerprint density at radius 3 is 2.63 bits per heavy atom. The van der Waals surface area contributed by atoms with Gasteiger partial charge in [0.25, 0.3) is 0 Å². The third-order valence-corrected chi connectivity index (χ3v) is 5.45. The molecule has 0 atom stereocenters. The van der Waals surface area contributed by atoms with E-state index in [2.05, 4.69) is 30.7 Å². The topological polar surface area (TPSA) is 66.0 Å². The molecule has 2 N–H and O–H groups in total. The van der Waals surface area contributed by atoms with Crippen LogP contribution in [0, 0.1) is 13.8 Å². The summed E-state index contributed by atoms with van der Waals surface area (Å²) in [5.74, 6) is 0.511. The number of hydrogen-bond donors (Lipinski definition) is 2. The number of nitrogens with one attached hydrogen (secondary N) is 2. The van der Waals surface area contributed by atoms with E-state index >= 15 is 0 Å². The number of pyridine rings is 1. The first kappa shape index (κ1) is 20.3. The number of hydrogen-bond acceptors (Lipinski definition) is 6. The second-order valence-corrected chi connectivity index (χ2v) is 7.40. The van der Waals surface area contributed by atoms with Gasteiger partial charge in [0.1, 0.15) is 0 Å². The lowest BCUT2D eigenvalue weighted by Crippen LogP contribution is -2.43. The summed E-state index contributed by atoms with van der Waals surface area (Å²) in [6.07, 6.45) is -2.54. The Morgan fingerprint density at radius 2 is 1.90 bits per heavy atom. The molecular formula is C21H23F3N6. The molecule has 0 radical (unpaired) electrons. The van der Waals surface area contributed by atoms with Crippen LogP contribution >= 0.6 is 0 Å². The zero-order valence-corrected chi connectivity index (χ0v) is 16.8. The fraction of sp³-hybridized carbons (Fsp3) is 0.381. The van der Waals surface area contributed by atoms with Crippen molar-refractivity contribution in [3.63, 3.8) is 0 Å². The van der Waals surface area contributed by atoms with E-state index in [1.165, 1.54) is 13.0 Å². The molecule has 0 amide bonds. The normalized spacial score (nSPS) is 14.9. The molecule has 1 aromatic carbocycles. The minimum absolute atomic E-state index is 0.209. The molecule has 1 saturated heterocycles. The van der Waals surface area contributed by atoms with E-state index in [-0.39, 0.29) is 12.1 Å². The zero-order chi connectivity index (χ0) is 21.3. The number of anilines is 2. The quantitative estimate of drug-likeness (QED) is 0.677. The van der Waals surface area contributed by atoms with Crippen LogP contribution in [0.15, 0.2) is 30.5 Å². The SMILES string of the molecule is Cc1c(CNc2nnc(C)c3ncc(N4CCNCC4)cc23)cccc1C(F)(F)F. The van der Waals surface area contributed by atoms with Crippen LogP contribution in [-0.4, -0.2) is 41.4 Å². The van der Waals surface area contributed by atoms with E-state index < -0.39 is 11.7 Å². The van der Waals surface area contributed by atoms with Crippen molar-refractivity contribution in [1.29, 1.82) is 0 Å². The molecule has 3 heterocycles. The number of piperazine rings is 1. The molecule has 3 aromatic rings. The van der Waals surface area contributed by atoms with Crippen molar-refractivity contribution >= 4 is 22.4 Å². The lowest BCUT2D eigenvalue weighted by atomic mass is 10.0. The lowest BCUT2D eigenvalue weighted by molar-refractivity contribution is -0.138. The maximum atomic E-state index is 13.2. The highest BCUT2D eigenvalue weighted by molar-refractivity contribution is 5.92. The molecule has 6 nitrogen and oxygen atoms in total. The van der Waals surface area contributed by atoms with Crippen molar-refractivity contribution in [3.05, 3.63) is 52.8 Å². The summed E-state index contributed by atoms with van der Waals surface area (Å²) in [7, 11) is 0. The first-order valence-corrected chi connectivity index (χ1v) is 9.83. The summed E-state index contributed by atoms with van der Waals surface area (Å²) >= 11 is 0. The molecule has 0 aliphatic carbocycles. The van der Waals surface area contributed by atoms with Gasteiger partial charge < -0.3 is 15.5 Å². The average molecular weight is 416 g/mol. The summed E-state index contributed by atoms with van der Waals surface area (Å²) in [5, 5.41) is 15.7. The second kappa shape index (κ2) is 8.06. The van der Waals surface area contributed by atoms with Gasteiger partial charge in [-0.3, -0.25) is 4.98 Å². The van der Waals surface area contributed by atoms with Gasteiger partial charge in [-0.25, -0.2) is 0 Å². The molecule has 158 valence electrons. The van der Waals surface area contributed by atoms with Gasteiger partial charge in [0.05, 0.1) is 28.7 Å². The molecule has 0 bridgehead atoms. The smallest absolute Gasteiger partial charge is 0.368 e. The number of benzene rings is 1. The second-order valence-electron chi connectivity index (χ2n) is 7.40. The molecule has 0 spiro atoms. The Kier molecular flexibility index (Phi) is 5.46. The largest absolute Gasteiger partial charge is 0.416 e. The number of rotatable bonds is 4. The van der Waals surface area contributed by atoms with E-state index in [0.29, 0.717) is 17.1 Å². The van der Waals surface area contributed by atoms with Crippen LogP contribution in [0.25, 0.3) is 10.9 Å². The van der Waals surface area contributed by atoms with E-state index in [1.54, 1.807) is 6.07 Å². The standard InChI is InChI=1S/C21H23F3N6/c1-13-15(4-3-5-18(13)21(22,23)24)11-27-20-17-10-16(30-8-6-25-7-9-30)12-26-19(17)14(2)28-29-20/h3-5,10,12,25H,6-9,11H2,1-2H3,(H,27,29). The number of alkyl halides is 3. The van der Waals surface area contributed by atoms with Crippen LogP contribution in [0.2, 0.25) is 0 Å². The molecule has 9 heteroatoms. The van der Waals surface area contributed by atoms with E-state index in [9.17, 15) is 13.2 Å². The van der Waals surface area contributed by atoms with Crippen molar-refractivity contribution in [2.45, 2.75) is 26.6 Å². The Balaban J connectivity index is 1.65. The monoisotopic (exact) mass is 416 g/mol. The zero-order valence-electron chi connectivity index (χ0n) is 16.8. The van der Waals surface area contributed by atoms with Crippen LogP contribution in [0.1, 0.15) is 22.4 Å². The minimum atomic E-state index is -4.38. The van der Waals surface area contributed by atoms with Crippen molar-refractivity contribution in [2.24, 2.45) is 0 Å². The molecule has 30 heavy (non-hydrogen) atoms. The molecule has 1 aliphatic heterocycles. The van der Waals surface area contributed by atoms with Crippen molar-refractivity contribution in [1.82, 2.24) is 20.5 Å². The van der Waals surface area contributed by atoms with Gasteiger partial charge >= 0.3 is 6.18 Å². The Morgan fingerprint density at radius 1 is 1.13 bits per heavy atom. The molecule has 2 aromatic heterocycles. The van der Waals surface area contributed by atoms with Crippen LogP contribution in [0.5, 0.6) is 0 Å². The summed E-state index contributed by atoms with van der Waals surface area (Å²) in [4.78, 5) is 6.83. The van der Waals surface area contributed by atoms with Gasteiger partial charge in [-0.2, -0.15) is 18.3 Å². The van der Waals surface area contributed by atoms with Crippen molar-refractivity contribution in [2.75, 3.05) is 36.4 Å². The van der Waals surface area contributed by atoms with E-state index in [4.69, 9.17) is 0 Å². The summed E-state index contributed by atoms with van der Waals surface area (Å²) in [5.41, 5.74) is 2.58. The van der Waals surface area contributed by atoms with Gasteiger partial charge in [0, 0.05) is 38.1 Å². The third-order valence-electron chi connectivity index (χ3n) is 5.45. The lowest BCUT2D eigenvalue weighted by Gasteiger charge is -2.29. The molecule has 0 unspecified atom stereocenters. The molecule has 4 rings (SSSR count). The summed E-state index contributed by atoms with van der Waals surface area (Å²) in [6, 6.07) is 6.24. The van der Waals surface area contributed by atoms with Crippen LogP contribution in [-0.2, 0) is 12.7 Å². The predicted molar refractivity (Wildman–Crippen MR) is 111 cm³/mol. The Hall–Kier alpha value is -2.94. The molecular weight excluding hydrogens is 393 g/mol. The Labute approximate surface area is 172 Å².